The van der Waals surface area contributed by atoms with Crippen LogP contribution < -0.4 is 0 Å². The molecule has 0 aromatic carbocycles. The van der Waals surface area contributed by atoms with E-state index in [4.69, 9.17) is 40.1 Å². The molecule has 0 rings (SSSR count). The average Bonchev–Trinajstić information content (AvgIpc) is 1.84. The van der Waals surface area contributed by atoms with Crippen molar-refractivity contribution in [2.24, 2.45) is 0 Å². The lowest BCUT2D eigenvalue weighted by Crippen LogP contribution is -1.74. The van der Waals surface area contributed by atoms with E-state index in [0.717, 1.165) is 0 Å². The van der Waals surface area contributed by atoms with E-state index in [0.29, 0.717) is 0 Å². The summed E-state index contributed by atoms with van der Waals surface area (Å²) in [5.41, 5.74) is 0.0664. The van der Waals surface area contributed by atoms with E-state index in [9.17, 15) is 0 Å². The van der Waals surface area contributed by atoms with Crippen LogP contribution in [-0.2, 0) is 0 Å². The van der Waals surface area contributed by atoms with Crippen LogP contribution in [0.4, 0.5) is 0 Å². The van der Waals surface area contributed by atoms with Crippen molar-refractivity contribution in [3.8, 4) is 6.07 Å². The standard InChI is InChI=1S/C5H2Cl3N/c1-3(2-9)4(6)5(7)8/h1H2. The van der Waals surface area contributed by atoms with Crippen LogP contribution in [0.3, 0.4) is 0 Å². The van der Waals surface area contributed by atoms with Crippen molar-refractivity contribution in [2.75, 3.05) is 0 Å². The fourth-order valence-electron chi connectivity index (χ4n) is 0.163. The Hall–Kier alpha value is -0.160. The number of nitriles is 1. The molecule has 0 heterocycles. The Bertz CT molecular complexity index is 195. The highest BCUT2D eigenvalue weighted by atomic mass is 35.5. The van der Waals surface area contributed by atoms with Gasteiger partial charge in [-0.1, -0.05) is 41.4 Å². The number of nitrogens with zero attached hydrogens (tertiary/aromatic N) is 1. The Balaban J connectivity index is 4.45. The minimum absolute atomic E-state index is 0.000772. The highest BCUT2D eigenvalue weighted by Gasteiger charge is 2.01. The van der Waals surface area contributed by atoms with Crippen LogP contribution in [0, 0.1) is 11.3 Å². The highest BCUT2D eigenvalue weighted by molar-refractivity contribution is 6.60. The predicted octanol–water partition coefficient (Wildman–Crippen LogP) is 2.95. The van der Waals surface area contributed by atoms with E-state index in [1.165, 1.54) is 0 Å². The summed E-state index contributed by atoms with van der Waals surface area (Å²) < 4.78 is -0.136. The Morgan fingerprint density at radius 3 is 1.89 bits per heavy atom. The lowest BCUT2D eigenvalue weighted by molar-refractivity contribution is 1.50. The van der Waals surface area contributed by atoms with Crippen LogP contribution >= 0.6 is 34.8 Å². The minimum atomic E-state index is -0.136. The molecule has 0 fully saturated rings. The van der Waals surface area contributed by atoms with Gasteiger partial charge in [-0.3, -0.25) is 0 Å². The molecule has 0 amide bonds. The maximum absolute atomic E-state index is 8.17. The molecule has 0 unspecified atom stereocenters. The normalized spacial score (nSPS) is 7.78. The van der Waals surface area contributed by atoms with Gasteiger partial charge in [0.15, 0.2) is 0 Å². The van der Waals surface area contributed by atoms with Gasteiger partial charge in [0, 0.05) is 0 Å². The van der Waals surface area contributed by atoms with Gasteiger partial charge in [-0.2, -0.15) is 5.26 Å². The van der Waals surface area contributed by atoms with Crippen molar-refractivity contribution in [1.29, 1.82) is 5.26 Å². The Morgan fingerprint density at radius 1 is 1.33 bits per heavy atom. The first kappa shape index (κ1) is 8.84. The van der Waals surface area contributed by atoms with E-state index < -0.39 is 0 Å². The zero-order chi connectivity index (χ0) is 7.44. The molecule has 9 heavy (non-hydrogen) atoms. The maximum atomic E-state index is 8.17. The summed E-state index contributed by atoms with van der Waals surface area (Å²) in [6.07, 6.45) is 0. The molecule has 0 radical (unpaired) electrons. The van der Waals surface area contributed by atoms with E-state index in [1.807, 2.05) is 0 Å². The summed E-state index contributed by atoms with van der Waals surface area (Å²) in [4.78, 5) is 0. The molecule has 0 saturated carbocycles. The maximum Gasteiger partial charge on any atom is 0.126 e. The highest BCUT2D eigenvalue weighted by Crippen LogP contribution is 2.22. The van der Waals surface area contributed by atoms with Crippen molar-refractivity contribution < 1.29 is 0 Å². The lowest BCUT2D eigenvalue weighted by Gasteiger charge is -1.89. The third-order valence-corrected chi connectivity index (χ3v) is 1.55. The van der Waals surface area contributed by atoms with E-state index in [2.05, 4.69) is 6.58 Å². The molecule has 4 heteroatoms. The summed E-state index contributed by atoms with van der Waals surface area (Å²) in [5, 5.41) is 8.17. The first-order chi connectivity index (χ1) is 4.09. The second kappa shape index (κ2) is 3.79. The van der Waals surface area contributed by atoms with Gasteiger partial charge in [0.25, 0.3) is 0 Å². The van der Waals surface area contributed by atoms with Crippen LogP contribution in [0.15, 0.2) is 21.7 Å². The largest absolute Gasteiger partial charge is 0.192 e. The molecular weight excluding hydrogens is 180 g/mol. The van der Waals surface area contributed by atoms with Crippen LogP contribution in [0.25, 0.3) is 0 Å². The summed E-state index contributed by atoms with van der Waals surface area (Å²) in [5.74, 6) is 0. The third-order valence-electron chi connectivity index (χ3n) is 0.566. The van der Waals surface area contributed by atoms with Gasteiger partial charge < -0.3 is 0 Å². The Kier molecular flexibility index (Phi) is 3.72. The molecule has 0 atom stereocenters. The van der Waals surface area contributed by atoms with Crippen LogP contribution in [0.1, 0.15) is 0 Å². The van der Waals surface area contributed by atoms with Crippen molar-refractivity contribution >= 4 is 34.8 Å². The first-order valence-electron chi connectivity index (χ1n) is 1.89. The predicted molar refractivity (Wildman–Crippen MR) is 39.3 cm³/mol. The van der Waals surface area contributed by atoms with E-state index >= 15 is 0 Å². The zero-order valence-corrected chi connectivity index (χ0v) is 6.56. The number of hydrogen-bond donors (Lipinski definition) is 0. The molecule has 0 aliphatic carbocycles. The summed E-state index contributed by atoms with van der Waals surface area (Å²) in [7, 11) is 0. The summed E-state index contributed by atoms with van der Waals surface area (Å²) >= 11 is 15.8. The number of allylic oxidation sites excluding steroid dienone is 2. The van der Waals surface area contributed by atoms with Gasteiger partial charge in [0.05, 0.1) is 10.6 Å². The smallest absolute Gasteiger partial charge is 0.126 e. The minimum Gasteiger partial charge on any atom is -0.192 e. The molecule has 0 N–H and O–H groups in total. The molecular formula is C5H2Cl3N. The van der Waals surface area contributed by atoms with Gasteiger partial charge in [0.1, 0.15) is 10.6 Å². The molecule has 48 valence electrons. The van der Waals surface area contributed by atoms with Gasteiger partial charge in [-0.15, -0.1) is 0 Å². The fraction of sp³-hybridized carbons (Fsp3) is 0. The summed E-state index contributed by atoms with van der Waals surface area (Å²) in [6.45, 7) is 3.27. The van der Waals surface area contributed by atoms with Gasteiger partial charge in [-0.05, 0) is 0 Å². The van der Waals surface area contributed by atoms with Crippen LogP contribution in [0.2, 0.25) is 0 Å². The zero-order valence-electron chi connectivity index (χ0n) is 4.29. The summed E-state index contributed by atoms with van der Waals surface area (Å²) in [6, 6.07) is 1.69. The Labute approximate surface area is 68.1 Å². The molecule has 0 aromatic rings. The van der Waals surface area contributed by atoms with Gasteiger partial charge in [-0.25, -0.2) is 0 Å². The number of hydrogen-bond acceptors (Lipinski definition) is 1. The topological polar surface area (TPSA) is 23.8 Å². The van der Waals surface area contributed by atoms with E-state index in [1.54, 1.807) is 6.07 Å². The van der Waals surface area contributed by atoms with Crippen molar-refractivity contribution in [3.05, 3.63) is 21.7 Å². The monoisotopic (exact) mass is 181 g/mol. The van der Waals surface area contributed by atoms with Gasteiger partial charge >= 0.3 is 0 Å². The SMILES string of the molecule is C=C(C#N)C(Cl)=C(Cl)Cl. The molecule has 0 aliphatic heterocycles. The van der Waals surface area contributed by atoms with Crippen LogP contribution in [0.5, 0.6) is 0 Å². The molecule has 0 saturated heterocycles. The average molecular weight is 182 g/mol. The third kappa shape index (κ3) is 2.76. The van der Waals surface area contributed by atoms with E-state index in [-0.39, 0.29) is 15.1 Å². The number of halogens is 3. The molecule has 0 aromatic heterocycles. The Morgan fingerprint density at radius 2 is 1.78 bits per heavy atom. The quantitative estimate of drug-likeness (QED) is 0.452. The molecule has 0 aliphatic rings. The molecule has 0 spiro atoms. The lowest BCUT2D eigenvalue weighted by atomic mass is 10.3. The first-order valence-corrected chi connectivity index (χ1v) is 3.03. The van der Waals surface area contributed by atoms with Gasteiger partial charge in [0.2, 0.25) is 0 Å². The van der Waals surface area contributed by atoms with Crippen molar-refractivity contribution in [1.82, 2.24) is 0 Å². The van der Waals surface area contributed by atoms with Crippen molar-refractivity contribution in [3.63, 3.8) is 0 Å². The number of rotatable bonds is 1. The molecule has 0 bridgehead atoms. The van der Waals surface area contributed by atoms with Crippen LogP contribution in [-0.4, -0.2) is 0 Å². The fourth-order valence-corrected chi connectivity index (χ4v) is 0.434. The second-order valence-electron chi connectivity index (χ2n) is 1.16. The van der Waals surface area contributed by atoms with Crippen molar-refractivity contribution in [2.45, 2.75) is 0 Å². The molecule has 1 nitrogen and oxygen atoms in total. The second-order valence-corrected chi connectivity index (χ2v) is 2.49.